The van der Waals surface area contributed by atoms with Gasteiger partial charge in [-0.1, -0.05) is 91.0 Å². The first-order chi connectivity index (χ1) is 22.3. The highest BCUT2D eigenvalue weighted by Crippen LogP contribution is 2.37. The van der Waals surface area contributed by atoms with Gasteiger partial charge in [-0.2, -0.15) is 0 Å². The molecule has 0 radical (unpaired) electrons. The zero-order valence-corrected chi connectivity index (χ0v) is 24.2. The summed E-state index contributed by atoms with van der Waals surface area (Å²) in [6, 6.07) is 44.5. The molecule has 4 heterocycles. The summed E-state index contributed by atoms with van der Waals surface area (Å²) in [5, 5.41) is 0. The molecule has 0 unspecified atom stereocenters. The van der Waals surface area contributed by atoms with E-state index in [9.17, 15) is 0 Å². The quantitative estimate of drug-likeness (QED) is 0.200. The lowest BCUT2D eigenvalue weighted by Crippen LogP contribution is -2.57. The van der Waals surface area contributed by atoms with E-state index >= 15 is 0 Å². The molecule has 5 heteroatoms. The highest BCUT2D eigenvalue weighted by atomic mass is 16.5. The number of aromatic nitrogens is 2. The smallest absolute Gasteiger partial charge is 0.260 e. The van der Waals surface area contributed by atoms with Crippen molar-refractivity contribution < 1.29 is 9.47 Å². The Morgan fingerprint density at radius 3 is 1.22 bits per heavy atom. The van der Waals surface area contributed by atoms with Crippen LogP contribution in [0, 0.1) is 0 Å². The van der Waals surface area contributed by atoms with E-state index in [1.807, 2.05) is 42.7 Å². The number of hydrogen-bond acceptors (Lipinski definition) is 4. The molecule has 0 N–H and O–H groups in total. The lowest BCUT2D eigenvalue weighted by molar-refractivity contribution is 0.464. The minimum absolute atomic E-state index is 0.0210. The summed E-state index contributed by atoms with van der Waals surface area (Å²) in [6.07, 6.45) is 7.37. The zero-order valence-electron chi connectivity index (χ0n) is 24.2. The van der Waals surface area contributed by atoms with Crippen LogP contribution in [0.4, 0.5) is 0 Å². The first-order valence-corrected chi connectivity index (χ1v) is 15.1. The largest absolute Gasteiger partial charge is 0.458 e. The molecule has 4 nitrogen and oxygen atoms in total. The zero-order chi connectivity index (χ0) is 29.7. The molecule has 45 heavy (non-hydrogen) atoms. The lowest BCUT2D eigenvalue weighted by atomic mass is 9.35. The van der Waals surface area contributed by atoms with Crippen molar-refractivity contribution in [3.8, 4) is 67.5 Å². The Hall–Kier alpha value is -5.94. The number of nitrogens with zero attached hydrogens (tertiary/aromatic N) is 2. The van der Waals surface area contributed by atoms with Gasteiger partial charge in [0.05, 0.1) is 0 Å². The summed E-state index contributed by atoms with van der Waals surface area (Å²) in [4.78, 5) is 8.51. The predicted octanol–water partition coefficient (Wildman–Crippen LogP) is 7.87. The maximum absolute atomic E-state index is 6.54. The fraction of sp³-hybridized carbons (Fsp3) is 0. The first kappa shape index (κ1) is 25.6. The third-order valence-electron chi connectivity index (χ3n) is 8.83. The van der Waals surface area contributed by atoms with Crippen LogP contribution in [0.3, 0.4) is 0 Å². The molecule has 0 saturated carbocycles. The standard InChI is InChI=1S/C40H25BN2O2/c1-6-36-40-37(7-1)45-39-23-31(27-10-14-29(15-11-27)33-5-3-21-43-25-33)17-19-35(39)41(40)34-18-16-30(22-38(34)44-36)26-8-12-28(13-9-26)32-4-2-20-42-24-32/h1-25H. The van der Waals surface area contributed by atoms with Gasteiger partial charge in [-0.05, 0) is 91.8 Å². The van der Waals surface area contributed by atoms with Crippen LogP contribution in [-0.2, 0) is 0 Å². The number of fused-ring (bicyclic) bond motifs is 4. The molecule has 0 amide bonds. The van der Waals surface area contributed by atoms with E-state index < -0.39 is 0 Å². The van der Waals surface area contributed by atoms with Crippen LogP contribution in [0.15, 0.2) is 152 Å². The normalized spacial score (nSPS) is 12.3. The number of benzene rings is 5. The topological polar surface area (TPSA) is 44.2 Å². The Morgan fingerprint density at radius 1 is 0.378 bits per heavy atom. The highest BCUT2D eigenvalue weighted by molar-refractivity contribution is 6.98. The summed E-state index contributed by atoms with van der Waals surface area (Å²) in [5.74, 6) is 3.44. The van der Waals surface area contributed by atoms with Gasteiger partial charge < -0.3 is 9.47 Å². The number of pyridine rings is 2. The average molecular weight is 576 g/mol. The predicted molar refractivity (Wildman–Crippen MR) is 181 cm³/mol. The van der Waals surface area contributed by atoms with Crippen LogP contribution < -0.4 is 25.9 Å². The highest BCUT2D eigenvalue weighted by Gasteiger charge is 2.40. The van der Waals surface area contributed by atoms with Crippen molar-refractivity contribution in [3.05, 3.63) is 152 Å². The van der Waals surface area contributed by atoms with Crippen molar-refractivity contribution in [1.29, 1.82) is 0 Å². The number of rotatable bonds is 4. The van der Waals surface area contributed by atoms with Crippen LogP contribution >= 0.6 is 0 Å². The first-order valence-electron chi connectivity index (χ1n) is 15.1. The molecule has 7 aromatic rings. The van der Waals surface area contributed by atoms with Gasteiger partial charge in [0, 0.05) is 30.3 Å². The van der Waals surface area contributed by atoms with Gasteiger partial charge in [-0.25, -0.2) is 0 Å². The molecule has 2 aliphatic heterocycles. The van der Waals surface area contributed by atoms with Crippen molar-refractivity contribution in [1.82, 2.24) is 9.97 Å². The van der Waals surface area contributed by atoms with Gasteiger partial charge in [-0.3, -0.25) is 9.97 Å². The molecule has 0 bridgehead atoms. The van der Waals surface area contributed by atoms with Gasteiger partial charge in [0.25, 0.3) is 6.71 Å². The Balaban J connectivity index is 1.07. The van der Waals surface area contributed by atoms with Gasteiger partial charge in [0.2, 0.25) is 0 Å². The Bertz CT molecular complexity index is 2050. The summed E-state index contributed by atoms with van der Waals surface area (Å²) < 4.78 is 13.1. The third kappa shape index (κ3) is 4.40. The molecule has 2 aromatic heterocycles. The second kappa shape index (κ2) is 10.4. The molecule has 9 rings (SSSR count). The van der Waals surface area contributed by atoms with Crippen molar-refractivity contribution in [2.45, 2.75) is 0 Å². The molecular weight excluding hydrogens is 551 g/mol. The second-order valence-corrected chi connectivity index (χ2v) is 11.4. The molecule has 0 fully saturated rings. The molecule has 210 valence electrons. The van der Waals surface area contributed by atoms with E-state index in [-0.39, 0.29) is 6.71 Å². The maximum Gasteiger partial charge on any atom is 0.260 e. The van der Waals surface area contributed by atoms with Crippen LogP contribution in [0.5, 0.6) is 23.0 Å². The maximum atomic E-state index is 6.54. The summed E-state index contributed by atoms with van der Waals surface area (Å²) >= 11 is 0. The minimum Gasteiger partial charge on any atom is -0.458 e. The van der Waals surface area contributed by atoms with Crippen molar-refractivity contribution >= 4 is 23.1 Å². The molecular formula is C40H25BN2O2. The Morgan fingerprint density at radius 2 is 0.800 bits per heavy atom. The van der Waals surface area contributed by atoms with Gasteiger partial charge in [-0.15, -0.1) is 0 Å². The average Bonchev–Trinajstić information content (AvgIpc) is 3.12. The van der Waals surface area contributed by atoms with Gasteiger partial charge in [0.1, 0.15) is 23.0 Å². The van der Waals surface area contributed by atoms with Crippen molar-refractivity contribution in [2.75, 3.05) is 0 Å². The molecule has 2 aliphatic rings. The molecule has 5 aromatic carbocycles. The van der Waals surface area contributed by atoms with Gasteiger partial charge >= 0.3 is 0 Å². The summed E-state index contributed by atoms with van der Waals surface area (Å²) in [7, 11) is 0. The van der Waals surface area contributed by atoms with E-state index in [2.05, 4.69) is 107 Å². The van der Waals surface area contributed by atoms with Crippen LogP contribution in [0.2, 0.25) is 0 Å². The Kier molecular flexibility index (Phi) is 5.88. The van der Waals surface area contributed by atoms with E-state index in [4.69, 9.17) is 9.47 Å². The molecule has 0 spiro atoms. The molecule has 0 atom stereocenters. The summed E-state index contributed by atoms with van der Waals surface area (Å²) in [6.45, 7) is 0.0210. The molecule has 0 saturated heterocycles. The minimum atomic E-state index is 0.0210. The van der Waals surface area contributed by atoms with Crippen LogP contribution in [0.25, 0.3) is 44.5 Å². The van der Waals surface area contributed by atoms with E-state index in [1.165, 1.54) is 0 Å². The fourth-order valence-electron chi connectivity index (χ4n) is 6.56. The van der Waals surface area contributed by atoms with E-state index in [0.29, 0.717) is 0 Å². The number of hydrogen-bond donors (Lipinski definition) is 0. The SMILES string of the molecule is c1cncc(-c2ccc(-c3ccc4c(c3)Oc3cccc5c3B4c3ccc(-c4ccc(-c6cccnc6)cc4)cc3O5)cc2)c1. The second-order valence-electron chi connectivity index (χ2n) is 11.4. The molecule has 0 aliphatic carbocycles. The monoisotopic (exact) mass is 576 g/mol. The fourth-order valence-corrected chi connectivity index (χ4v) is 6.56. The van der Waals surface area contributed by atoms with E-state index in [0.717, 1.165) is 83.9 Å². The van der Waals surface area contributed by atoms with Crippen LogP contribution in [0.1, 0.15) is 0 Å². The van der Waals surface area contributed by atoms with E-state index in [1.54, 1.807) is 12.4 Å². The third-order valence-corrected chi connectivity index (χ3v) is 8.83. The number of ether oxygens (including phenoxy) is 2. The van der Waals surface area contributed by atoms with Gasteiger partial charge in [0.15, 0.2) is 0 Å². The van der Waals surface area contributed by atoms with Crippen LogP contribution in [-0.4, -0.2) is 16.7 Å². The lowest BCUT2D eigenvalue weighted by Gasteiger charge is -2.33. The Labute approximate surface area is 261 Å². The summed E-state index contributed by atoms with van der Waals surface area (Å²) in [5.41, 5.74) is 12.4. The van der Waals surface area contributed by atoms with Crippen molar-refractivity contribution in [3.63, 3.8) is 0 Å². The van der Waals surface area contributed by atoms with Crippen molar-refractivity contribution in [2.24, 2.45) is 0 Å².